The van der Waals surface area contributed by atoms with Gasteiger partial charge < -0.3 is 19.7 Å². The smallest absolute Gasteiger partial charge is 0.235 e. The number of hydrogen-bond acceptors (Lipinski definition) is 4. The summed E-state index contributed by atoms with van der Waals surface area (Å²) in [4.78, 5) is 27.0. The minimum Gasteiger partial charge on any atom is -0.384 e. The van der Waals surface area contributed by atoms with Crippen molar-refractivity contribution in [2.24, 2.45) is 5.41 Å². The van der Waals surface area contributed by atoms with Crippen molar-refractivity contribution in [2.45, 2.75) is 37.6 Å². The lowest BCUT2D eigenvalue weighted by Gasteiger charge is -2.42. The van der Waals surface area contributed by atoms with Crippen molar-refractivity contribution in [1.82, 2.24) is 10.2 Å². The number of piperidine rings is 1. The number of methoxy groups -OCH3 is 1. The molecule has 0 aromatic heterocycles. The average molecular weight is 441 g/mol. The molecule has 6 nitrogen and oxygen atoms in total. The second kappa shape index (κ2) is 10.6. The molecule has 2 heterocycles. The Balaban J connectivity index is 1.71. The first kappa shape index (κ1) is 23.0. The van der Waals surface area contributed by atoms with Gasteiger partial charge in [-0.05, 0) is 37.0 Å². The number of alkyl halides is 1. The van der Waals surface area contributed by atoms with Crippen LogP contribution in [0.4, 0.5) is 4.39 Å². The molecular weight excluding hydrogens is 411 g/mol. The zero-order valence-corrected chi connectivity index (χ0v) is 18.1. The van der Waals surface area contributed by atoms with Crippen LogP contribution in [-0.2, 0) is 19.1 Å². The van der Waals surface area contributed by atoms with Gasteiger partial charge in [0.15, 0.2) is 0 Å². The Morgan fingerprint density at radius 1 is 1.30 bits per heavy atom. The number of hydrogen-bond donors (Lipinski definition) is 1. The fraction of sp³-hybridized carbons (Fsp3) is 0.636. The van der Waals surface area contributed by atoms with E-state index in [-0.39, 0.29) is 40.9 Å². The van der Waals surface area contributed by atoms with Crippen LogP contribution < -0.4 is 5.32 Å². The van der Waals surface area contributed by atoms with E-state index in [0.717, 1.165) is 18.4 Å². The highest BCUT2D eigenvalue weighted by Crippen LogP contribution is 2.36. The summed E-state index contributed by atoms with van der Waals surface area (Å²) >= 11 is 5.70. The van der Waals surface area contributed by atoms with Crippen LogP contribution in [-0.4, -0.2) is 68.7 Å². The first-order valence-electron chi connectivity index (χ1n) is 10.4. The van der Waals surface area contributed by atoms with Crippen LogP contribution in [0.15, 0.2) is 24.3 Å². The van der Waals surface area contributed by atoms with Gasteiger partial charge in [0.05, 0.1) is 12.6 Å². The minimum atomic E-state index is -0.299. The van der Waals surface area contributed by atoms with Crippen LogP contribution in [0.5, 0.6) is 0 Å². The number of carbonyl (C=O) groups is 2. The average Bonchev–Trinajstić information content (AvgIpc) is 2.75. The maximum atomic E-state index is 13.3. The summed E-state index contributed by atoms with van der Waals surface area (Å²) in [5.41, 5.74) is 0.746. The highest BCUT2D eigenvalue weighted by molar-refractivity contribution is 6.27. The number of likely N-dealkylation sites (tertiary alicyclic amines) is 1. The highest BCUT2D eigenvalue weighted by Gasteiger charge is 2.39. The molecular formula is C22H30ClFN2O4. The molecule has 2 amide bonds. The minimum absolute atomic E-state index is 0.00201. The van der Waals surface area contributed by atoms with Gasteiger partial charge in [0, 0.05) is 51.2 Å². The number of nitrogens with zero attached hydrogens (tertiary/aromatic N) is 1. The number of ether oxygens (including phenoxy) is 2. The normalized spacial score (nSPS) is 23.8. The molecule has 0 saturated carbocycles. The molecule has 0 unspecified atom stereocenters. The van der Waals surface area contributed by atoms with E-state index in [1.54, 1.807) is 19.2 Å². The summed E-state index contributed by atoms with van der Waals surface area (Å²) in [5, 5.41) is 2.95. The SMILES string of the molecule is COCC1(CC(=O)N2CC[C@H](c3ccc(F)cc3)[C@@H](NC(=O)CCl)C2)CCOCC1. The molecule has 0 spiro atoms. The number of amides is 2. The highest BCUT2D eigenvalue weighted by atomic mass is 35.5. The quantitative estimate of drug-likeness (QED) is 0.662. The fourth-order valence-corrected chi connectivity index (χ4v) is 4.67. The topological polar surface area (TPSA) is 67.9 Å². The maximum absolute atomic E-state index is 13.3. The Morgan fingerprint density at radius 3 is 2.63 bits per heavy atom. The van der Waals surface area contributed by atoms with E-state index in [0.29, 0.717) is 45.8 Å². The largest absolute Gasteiger partial charge is 0.384 e. The van der Waals surface area contributed by atoms with Crippen LogP contribution in [0.25, 0.3) is 0 Å². The van der Waals surface area contributed by atoms with Crippen molar-refractivity contribution < 1.29 is 23.5 Å². The third-order valence-corrected chi connectivity index (χ3v) is 6.50. The molecule has 1 N–H and O–H groups in total. The maximum Gasteiger partial charge on any atom is 0.235 e. The van der Waals surface area contributed by atoms with E-state index in [1.165, 1.54) is 12.1 Å². The zero-order valence-electron chi connectivity index (χ0n) is 17.4. The zero-order chi connectivity index (χ0) is 21.6. The monoisotopic (exact) mass is 440 g/mol. The third-order valence-electron chi connectivity index (χ3n) is 6.26. The van der Waals surface area contributed by atoms with Crippen molar-refractivity contribution in [3.05, 3.63) is 35.6 Å². The van der Waals surface area contributed by atoms with Crippen LogP contribution >= 0.6 is 11.6 Å². The summed E-state index contributed by atoms with van der Waals surface area (Å²) in [6, 6.07) is 6.06. The molecule has 2 fully saturated rings. The molecule has 1 aromatic rings. The predicted octanol–water partition coefficient (Wildman–Crippen LogP) is 2.70. The predicted molar refractivity (Wildman–Crippen MR) is 112 cm³/mol. The molecule has 0 radical (unpaired) electrons. The van der Waals surface area contributed by atoms with Gasteiger partial charge in [0.1, 0.15) is 11.7 Å². The number of carbonyl (C=O) groups excluding carboxylic acids is 2. The van der Waals surface area contributed by atoms with E-state index in [9.17, 15) is 14.0 Å². The van der Waals surface area contributed by atoms with Crippen LogP contribution in [0.3, 0.4) is 0 Å². The van der Waals surface area contributed by atoms with Gasteiger partial charge in [-0.25, -0.2) is 4.39 Å². The molecule has 3 rings (SSSR count). The molecule has 166 valence electrons. The number of benzene rings is 1. The Bertz CT molecular complexity index is 719. The molecule has 8 heteroatoms. The lowest BCUT2D eigenvalue weighted by Crippen LogP contribution is -2.54. The van der Waals surface area contributed by atoms with Gasteiger partial charge in [-0.1, -0.05) is 12.1 Å². The van der Waals surface area contributed by atoms with Gasteiger partial charge in [-0.2, -0.15) is 0 Å². The van der Waals surface area contributed by atoms with Crippen molar-refractivity contribution in [3.63, 3.8) is 0 Å². The van der Waals surface area contributed by atoms with Crippen molar-refractivity contribution >= 4 is 23.4 Å². The van der Waals surface area contributed by atoms with Crippen molar-refractivity contribution in [3.8, 4) is 0 Å². The van der Waals surface area contributed by atoms with E-state index < -0.39 is 0 Å². The summed E-state index contributed by atoms with van der Waals surface area (Å²) < 4.78 is 24.2. The van der Waals surface area contributed by atoms with E-state index >= 15 is 0 Å². The standard InChI is InChI=1S/C22H30ClFN2O4/c1-29-15-22(7-10-30-11-8-22)12-21(28)26-9-6-18(16-2-4-17(24)5-3-16)19(14-26)25-20(27)13-23/h2-5,18-19H,6-15H2,1H3,(H,25,27)/t18-,19+/m1/s1. The second-order valence-electron chi connectivity index (χ2n) is 8.32. The number of nitrogens with one attached hydrogen (secondary N) is 1. The first-order chi connectivity index (χ1) is 14.5. The van der Waals surface area contributed by atoms with Gasteiger partial charge in [-0.3, -0.25) is 9.59 Å². The fourth-order valence-electron chi connectivity index (χ4n) is 4.59. The Hall–Kier alpha value is -1.70. The Kier molecular flexibility index (Phi) is 8.08. The summed E-state index contributed by atoms with van der Waals surface area (Å²) in [5.74, 6) is -0.650. The molecule has 30 heavy (non-hydrogen) atoms. The Labute approximate surface area is 182 Å². The van der Waals surface area contributed by atoms with Crippen LogP contribution in [0.1, 0.15) is 37.2 Å². The molecule has 2 atom stereocenters. The summed E-state index contributed by atoms with van der Waals surface area (Å²) in [6.07, 6.45) is 2.68. The number of halogens is 2. The molecule has 2 aliphatic heterocycles. The van der Waals surface area contributed by atoms with Crippen LogP contribution in [0.2, 0.25) is 0 Å². The van der Waals surface area contributed by atoms with Gasteiger partial charge in [-0.15, -0.1) is 11.6 Å². The Morgan fingerprint density at radius 2 is 2.00 bits per heavy atom. The lowest BCUT2D eigenvalue weighted by molar-refractivity contribution is -0.139. The molecule has 2 saturated heterocycles. The second-order valence-corrected chi connectivity index (χ2v) is 8.58. The third kappa shape index (κ3) is 5.71. The van der Waals surface area contributed by atoms with Crippen LogP contribution in [0, 0.1) is 11.2 Å². The van der Waals surface area contributed by atoms with Gasteiger partial charge in [0.2, 0.25) is 11.8 Å². The molecule has 1 aromatic carbocycles. The molecule has 2 aliphatic rings. The number of rotatable bonds is 7. The van der Waals surface area contributed by atoms with E-state index in [2.05, 4.69) is 5.32 Å². The summed E-state index contributed by atoms with van der Waals surface area (Å²) in [7, 11) is 1.66. The summed E-state index contributed by atoms with van der Waals surface area (Å²) in [6.45, 7) is 2.80. The molecule has 0 bridgehead atoms. The van der Waals surface area contributed by atoms with Crippen molar-refractivity contribution in [1.29, 1.82) is 0 Å². The van der Waals surface area contributed by atoms with Gasteiger partial charge >= 0.3 is 0 Å². The van der Waals surface area contributed by atoms with Gasteiger partial charge in [0.25, 0.3) is 0 Å². The molecule has 0 aliphatic carbocycles. The van der Waals surface area contributed by atoms with E-state index in [4.69, 9.17) is 21.1 Å². The lowest BCUT2D eigenvalue weighted by atomic mass is 9.77. The van der Waals surface area contributed by atoms with E-state index in [1.807, 2.05) is 4.90 Å². The van der Waals surface area contributed by atoms with Crippen molar-refractivity contribution in [2.75, 3.05) is 45.9 Å². The first-order valence-corrected chi connectivity index (χ1v) is 10.9.